The molecule has 1 atom stereocenters. The van der Waals surface area contributed by atoms with Crippen LogP contribution in [-0.2, 0) is 6.42 Å². The maximum atomic E-state index is 12.2. The van der Waals surface area contributed by atoms with E-state index in [-0.39, 0.29) is 0 Å². The van der Waals surface area contributed by atoms with Crippen LogP contribution in [0.2, 0.25) is 0 Å². The lowest BCUT2D eigenvalue weighted by Gasteiger charge is -2.22. The van der Waals surface area contributed by atoms with Gasteiger partial charge >= 0.3 is 12.2 Å². The lowest BCUT2D eigenvalue weighted by Crippen LogP contribution is -2.43. The van der Waals surface area contributed by atoms with Crippen LogP contribution in [0.1, 0.15) is 12.5 Å². The average Bonchev–Trinajstić information content (AvgIpc) is 2.38. The van der Waals surface area contributed by atoms with E-state index in [0.717, 1.165) is 16.9 Å². The number of rotatable bonds is 4. The maximum absolute atomic E-state index is 12.2. The molecule has 0 heterocycles. The van der Waals surface area contributed by atoms with E-state index >= 15 is 0 Å². The molecule has 1 rings (SSSR count). The second-order valence-electron chi connectivity index (χ2n) is 4.42. The molecule has 20 heavy (non-hydrogen) atoms. The molecule has 7 heteroatoms. The Morgan fingerprint density at radius 2 is 1.90 bits per heavy atom. The highest BCUT2D eigenvalue weighted by Crippen LogP contribution is 2.20. The molecule has 0 spiro atoms. The summed E-state index contributed by atoms with van der Waals surface area (Å²) in [6.45, 7) is 1.17. The number of alkyl halides is 3. The number of likely N-dealkylation sites (N-methyl/N-ethyl adjacent to an activating group) is 1. The van der Waals surface area contributed by atoms with Crippen LogP contribution < -0.4 is 5.32 Å². The van der Waals surface area contributed by atoms with Crippen molar-refractivity contribution in [3.05, 3.63) is 29.8 Å². The third kappa shape index (κ3) is 4.73. The largest absolute Gasteiger partial charge is 0.416 e. The van der Waals surface area contributed by atoms with E-state index in [1.165, 1.54) is 7.05 Å². The van der Waals surface area contributed by atoms with Crippen LogP contribution in [0.4, 0.5) is 23.7 Å². The number of aryl methyl sites for hydroxylation is 1. The first-order valence-corrected chi connectivity index (χ1v) is 6.10. The molecular formula is C13H17F3N2O2. The number of carbonyl (C=O) groups is 1. The van der Waals surface area contributed by atoms with Crippen LogP contribution >= 0.6 is 0 Å². The Morgan fingerprint density at radius 3 is 2.35 bits per heavy atom. The first-order chi connectivity index (χ1) is 9.24. The fourth-order valence-electron chi connectivity index (χ4n) is 1.49. The summed E-state index contributed by atoms with van der Waals surface area (Å²) in [7, 11) is 1.19. The van der Waals surface area contributed by atoms with Crippen molar-refractivity contribution in [1.29, 1.82) is 0 Å². The molecule has 1 aromatic carbocycles. The number of nitrogens with one attached hydrogen (secondary N) is 1. The van der Waals surface area contributed by atoms with Gasteiger partial charge in [0, 0.05) is 12.7 Å². The van der Waals surface area contributed by atoms with E-state index in [1.54, 1.807) is 12.1 Å². The molecule has 1 unspecified atom stereocenters. The molecule has 0 aliphatic carbocycles. The lowest BCUT2D eigenvalue weighted by molar-refractivity contribution is -0.205. The Kier molecular flexibility index (Phi) is 5.38. The van der Waals surface area contributed by atoms with Gasteiger partial charge in [0.2, 0.25) is 0 Å². The second kappa shape index (κ2) is 6.60. The van der Waals surface area contributed by atoms with Crippen molar-refractivity contribution in [1.82, 2.24) is 4.90 Å². The summed E-state index contributed by atoms with van der Waals surface area (Å²) in [6, 6.07) is 6.27. The minimum absolute atomic E-state index is 0.487. The van der Waals surface area contributed by atoms with Gasteiger partial charge in [0.1, 0.15) is 0 Å². The predicted octanol–water partition coefficient (Wildman–Crippen LogP) is 2.64. The van der Waals surface area contributed by atoms with Crippen LogP contribution in [0.5, 0.6) is 0 Å². The van der Waals surface area contributed by atoms with E-state index in [0.29, 0.717) is 5.69 Å². The molecule has 4 nitrogen and oxygen atoms in total. The lowest BCUT2D eigenvalue weighted by atomic mass is 10.1. The number of aliphatic hydroxyl groups is 1. The summed E-state index contributed by atoms with van der Waals surface area (Å²) in [5.74, 6) is 0. The van der Waals surface area contributed by atoms with Gasteiger partial charge in [-0.2, -0.15) is 13.2 Å². The molecule has 0 saturated heterocycles. The monoisotopic (exact) mass is 290 g/mol. The quantitative estimate of drug-likeness (QED) is 0.895. The Bertz CT molecular complexity index is 446. The highest BCUT2D eigenvalue weighted by atomic mass is 19.4. The zero-order chi connectivity index (χ0) is 15.3. The number of nitrogens with zero attached hydrogens (tertiary/aromatic N) is 1. The number of halogens is 3. The minimum atomic E-state index is -4.74. The maximum Gasteiger partial charge on any atom is 0.416 e. The van der Waals surface area contributed by atoms with Crippen LogP contribution in [0.15, 0.2) is 24.3 Å². The Hall–Kier alpha value is -1.76. The SMILES string of the molecule is CCc1ccc(NC(=O)N(C)CC(O)C(F)(F)F)cc1. The number of carbonyl (C=O) groups excluding carboxylic acids is 1. The summed E-state index contributed by atoms with van der Waals surface area (Å²) in [4.78, 5) is 12.4. The van der Waals surface area contributed by atoms with Crippen LogP contribution in [0.3, 0.4) is 0 Å². The smallest absolute Gasteiger partial charge is 0.382 e. The number of urea groups is 1. The zero-order valence-corrected chi connectivity index (χ0v) is 11.2. The molecule has 0 bridgehead atoms. The van der Waals surface area contributed by atoms with E-state index in [4.69, 9.17) is 5.11 Å². The van der Waals surface area contributed by atoms with Gasteiger partial charge in [0.05, 0.1) is 6.54 Å². The van der Waals surface area contributed by atoms with Crippen molar-refractivity contribution in [2.45, 2.75) is 25.6 Å². The number of aliphatic hydroxyl groups excluding tert-OH is 1. The van der Waals surface area contributed by atoms with E-state index in [1.807, 2.05) is 19.1 Å². The van der Waals surface area contributed by atoms with Crippen molar-refractivity contribution in [3.8, 4) is 0 Å². The molecule has 112 valence electrons. The molecular weight excluding hydrogens is 273 g/mol. The third-order valence-electron chi connectivity index (χ3n) is 2.78. The van der Waals surface area contributed by atoms with E-state index < -0.39 is 24.9 Å². The summed E-state index contributed by atoms with van der Waals surface area (Å²) >= 11 is 0. The van der Waals surface area contributed by atoms with Crippen LogP contribution in [0.25, 0.3) is 0 Å². The molecule has 0 aliphatic heterocycles. The molecule has 1 aromatic rings. The molecule has 0 radical (unpaired) electrons. The minimum Gasteiger partial charge on any atom is -0.382 e. The molecule has 2 N–H and O–H groups in total. The zero-order valence-electron chi connectivity index (χ0n) is 11.2. The summed E-state index contributed by atoms with van der Waals surface area (Å²) in [5.41, 5.74) is 1.57. The summed E-state index contributed by atoms with van der Waals surface area (Å²) < 4.78 is 36.5. The van der Waals surface area contributed by atoms with Crippen molar-refractivity contribution >= 4 is 11.7 Å². The molecule has 2 amide bonds. The Morgan fingerprint density at radius 1 is 1.35 bits per heavy atom. The molecule has 0 saturated carbocycles. The normalized spacial score (nSPS) is 12.9. The van der Waals surface area contributed by atoms with Gasteiger partial charge in [0.15, 0.2) is 6.10 Å². The number of hydrogen-bond donors (Lipinski definition) is 2. The summed E-state index contributed by atoms with van der Waals surface area (Å²) in [5, 5.41) is 11.4. The Balaban J connectivity index is 2.57. The van der Waals surface area contributed by atoms with Gasteiger partial charge < -0.3 is 15.3 Å². The fourth-order valence-corrected chi connectivity index (χ4v) is 1.49. The standard InChI is InChI=1S/C13H17F3N2O2/c1-3-9-4-6-10(7-5-9)17-12(20)18(2)8-11(19)13(14,15)16/h4-7,11,19H,3,8H2,1-2H3,(H,17,20). The Labute approximate surface area is 115 Å². The van der Waals surface area contributed by atoms with Gasteiger partial charge in [-0.05, 0) is 24.1 Å². The average molecular weight is 290 g/mol. The van der Waals surface area contributed by atoms with Gasteiger partial charge in [-0.3, -0.25) is 0 Å². The molecule has 0 fully saturated rings. The van der Waals surface area contributed by atoms with Crippen molar-refractivity contribution in [2.75, 3.05) is 18.9 Å². The number of amides is 2. The number of benzene rings is 1. The first kappa shape index (κ1) is 16.3. The van der Waals surface area contributed by atoms with Gasteiger partial charge in [-0.1, -0.05) is 19.1 Å². The number of hydrogen-bond acceptors (Lipinski definition) is 2. The van der Waals surface area contributed by atoms with E-state index in [2.05, 4.69) is 5.32 Å². The van der Waals surface area contributed by atoms with Crippen molar-refractivity contribution in [3.63, 3.8) is 0 Å². The van der Waals surface area contributed by atoms with Crippen molar-refractivity contribution in [2.24, 2.45) is 0 Å². The summed E-state index contributed by atoms with van der Waals surface area (Å²) in [6.07, 6.45) is -6.44. The number of anilines is 1. The van der Waals surface area contributed by atoms with Gasteiger partial charge in [-0.25, -0.2) is 4.79 Å². The molecule has 0 aromatic heterocycles. The molecule has 0 aliphatic rings. The topological polar surface area (TPSA) is 52.6 Å². The highest BCUT2D eigenvalue weighted by molar-refractivity contribution is 5.89. The fraction of sp³-hybridized carbons (Fsp3) is 0.462. The third-order valence-corrected chi connectivity index (χ3v) is 2.78. The van der Waals surface area contributed by atoms with Crippen LogP contribution in [-0.4, -0.2) is 41.9 Å². The predicted molar refractivity (Wildman–Crippen MR) is 69.5 cm³/mol. The van der Waals surface area contributed by atoms with Gasteiger partial charge in [-0.15, -0.1) is 0 Å². The van der Waals surface area contributed by atoms with E-state index in [9.17, 15) is 18.0 Å². The van der Waals surface area contributed by atoms with Gasteiger partial charge in [0.25, 0.3) is 0 Å². The highest BCUT2D eigenvalue weighted by Gasteiger charge is 2.39. The van der Waals surface area contributed by atoms with Crippen molar-refractivity contribution < 1.29 is 23.1 Å². The second-order valence-corrected chi connectivity index (χ2v) is 4.42. The van der Waals surface area contributed by atoms with Crippen LogP contribution in [0, 0.1) is 0 Å². The first-order valence-electron chi connectivity index (χ1n) is 6.10.